The number of pyridine rings is 1. The molecule has 0 bridgehead atoms. The lowest BCUT2D eigenvalue weighted by molar-refractivity contribution is -0.908. The number of benzene rings is 1. The van der Waals surface area contributed by atoms with E-state index in [2.05, 4.69) is 40.6 Å². The molecule has 1 aliphatic heterocycles. The summed E-state index contributed by atoms with van der Waals surface area (Å²) in [5.41, 5.74) is 6.27. The van der Waals surface area contributed by atoms with Gasteiger partial charge in [-0.15, -0.1) is 11.3 Å². The van der Waals surface area contributed by atoms with Gasteiger partial charge in [0.1, 0.15) is 30.1 Å². The highest BCUT2D eigenvalue weighted by Gasteiger charge is 2.25. The first-order chi connectivity index (χ1) is 15.9. The van der Waals surface area contributed by atoms with Crippen LogP contribution in [0.2, 0.25) is 0 Å². The molecule has 1 saturated heterocycles. The summed E-state index contributed by atoms with van der Waals surface area (Å²) >= 11 is 1.73. The van der Waals surface area contributed by atoms with Crippen molar-refractivity contribution < 1.29 is 9.64 Å². The van der Waals surface area contributed by atoms with Crippen molar-refractivity contribution in [2.75, 3.05) is 44.7 Å². The van der Waals surface area contributed by atoms with Crippen LogP contribution in [0.5, 0.6) is 0 Å². The highest BCUT2D eigenvalue weighted by molar-refractivity contribution is 7.26. The van der Waals surface area contributed by atoms with Crippen LogP contribution in [0, 0.1) is 0 Å². The SMILES string of the molecule is c1ccc(-c2nc3sc4c(NCCC[NH+]5CCOCC5)ncnc4c3c3c2CCC3)cc1. The van der Waals surface area contributed by atoms with Crippen molar-refractivity contribution in [2.24, 2.45) is 0 Å². The summed E-state index contributed by atoms with van der Waals surface area (Å²) in [7, 11) is 0. The summed E-state index contributed by atoms with van der Waals surface area (Å²) in [5, 5.41) is 4.84. The quantitative estimate of drug-likeness (QED) is 0.446. The highest BCUT2D eigenvalue weighted by atomic mass is 32.1. The van der Waals surface area contributed by atoms with E-state index in [1.54, 1.807) is 22.6 Å². The normalized spacial score (nSPS) is 16.6. The van der Waals surface area contributed by atoms with E-state index >= 15 is 0 Å². The van der Waals surface area contributed by atoms with E-state index in [9.17, 15) is 0 Å². The second-order valence-corrected chi connectivity index (χ2v) is 9.71. The van der Waals surface area contributed by atoms with Crippen LogP contribution < -0.4 is 10.2 Å². The molecule has 4 aromatic rings. The molecule has 0 radical (unpaired) electrons. The van der Waals surface area contributed by atoms with Gasteiger partial charge in [0.15, 0.2) is 0 Å². The number of aromatic nitrogens is 3. The van der Waals surface area contributed by atoms with E-state index in [0.717, 1.165) is 78.7 Å². The Labute approximate surface area is 191 Å². The number of ether oxygens (including phenoxy) is 1. The minimum Gasteiger partial charge on any atom is -0.370 e. The summed E-state index contributed by atoms with van der Waals surface area (Å²) in [6.07, 6.45) is 6.22. The van der Waals surface area contributed by atoms with E-state index in [4.69, 9.17) is 14.7 Å². The number of rotatable bonds is 6. The zero-order chi connectivity index (χ0) is 21.3. The summed E-state index contributed by atoms with van der Waals surface area (Å²) in [5.74, 6) is 0.947. The first-order valence-electron chi connectivity index (χ1n) is 11.7. The van der Waals surface area contributed by atoms with Crippen LogP contribution >= 0.6 is 11.3 Å². The molecule has 6 rings (SSSR count). The molecule has 164 valence electrons. The molecule has 2 N–H and O–H groups in total. The molecule has 0 atom stereocenters. The largest absolute Gasteiger partial charge is 0.370 e. The van der Waals surface area contributed by atoms with Gasteiger partial charge in [-0.05, 0) is 30.4 Å². The van der Waals surface area contributed by atoms with Gasteiger partial charge >= 0.3 is 0 Å². The van der Waals surface area contributed by atoms with Gasteiger partial charge in [0.2, 0.25) is 0 Å². The maximum absolute atomic E-state index is 5.46. The monoisotopic (exact) mass is 446 g/mol. The molecular formula is C25H28N5OS+. The third kappa shape index (κ3) is 3.64. The van der Waals surface area contributed by atoms with Crippen LogP contribution in [-0.4, -0.2) is 54.3 Å². The summed E-state index contributed by atoms with van der Waals surface area (Å²) in [4.78, 5) is 17.2. The molecule has 4 heterocycles. The lowest BCUT2D eigenvalue weighted by atomic mass is 10.0. The molecule has 0 amide bonds. The van der Waals surface area contributed by atoms with E-state index in [0.29, 0.717) is 0 Å². The molecular weight excluding hydrogens is 418 g/mol. The van der Waals surface area contributed by atoms with Crippen LogP contribution in [0.15, 0.2) is 36.7 Å². The van der Waals surface area contributed by atoms with Crippen molar-refractivity contribution in [1.29, 1.82) is 0 Å². The molecule has 0 saturated carbocycles. The van der Waals surface area contributed by atoms with Crippen LogP contribution in [-0.2, 0) is 17.6 Å². The van der Waals surface area contributed by atoms with Crippen molar-refractivity contribution in [1.82, 2.24) is 15.0 Å². The topological polar surface area (TPSA) is 64.4 Å². The van der Waals surface area contributed by atoms with Crippen molar-refractivity contribution in [3.8, 4) is 11.3 Å². The van der Waals surface area contributed by atoms with E-state index in [1.165, 1.54) is 35.0 Å². The van der Waals surface area contributed by atoms with Gasteiger partial charge in [-0.1, -0.05) is 30.3 Å². The molecule has 32 heavy (non-hydrogen) atoms. The minimum absolute atomic E-state index is 0.888. The third-order valence-electron chi connectivity index (χ3n) is 6.72. The molecule has 7 heteroatoms. The van der Waals surface area contributed by atoms with E-state index in [-0.39, 0.29) is 0 Å². The van der Waals surface area contributed by atoms with Crippen molar-refractivity contribution in [3.63, 3.8) is 0 Å². The van der Waals surface area contributed by atoms with Gasteiger partial charge < -0.3 is 15.0 Å². The average molecular weight is 447 g/mol. The molecule has 1 aliphatic carbocycles. The first kappa shape index (κ1) is 20.0. The Morgan fingerprint density at radius 2 is 1.88 bits per heavy atom. The highest BCUT2D eigenvalue weighted by Crippen LogP contribution is 2.43. The summed E-state index contributed by atoms with van der Waals surface area (Å²) in [6, 6.07) is 10.6. The number of quaternary nitrogens is 1. The second kappa shape index (κ2) is 8.73. The zero-order valence-corrected chi connectivity index (χ0v) is 19.0. The zero-order valence-electron chi connectivity index (χ0n) is 18.2. The first-order valence-corrected chi connectivity index (χ1v) is 12.5. The van der Waals surface area contributed by atoms with Crippen LogP contribution in [0.1, 0.15) is 24.0 Å². The summed E-state index contributed by atoms with van der Waals surface area (Å²) in [6.45, 7) is 6.11. The smallest absolute Gasteiger partial charge is 0.147 e. The molecule has 1 fully saturated rings. The number of fused-ring (bicyclic) bond motifs is 5. The molecule has 0 unspecified atom stereocenters. The molecule has 2 aliphatic rings. The maximum Gasteiger partial charge on any atom is 0.147 e. The lowest BCUT2D eigenvalue weighted by Crippen LogP contribution is -3.14. The maximum atomic E-state index is 5.46. The Morgan fingerprint density at radius 3 is 2.75 bits per heavy atom. The van der Waals surface area contributed by atoms with Gasteiger partial charge in [0, 0.05) is 23.9 Å². The fourth-order valence-corrected chi connectivity index (χ4v) is 6.24. The minimum atomic E-state index is 0.888. The molecule has 0 spiro atoms. The van der Waals surface area contributed by atoms with Crippen molar-refractivity contribution >= 4 is 37.6 Å². The Hall–Kier alpha value is -2.61. The number of thiophene rings is 1. The predicted octanol–water partition coefficient (Wildman–Crippen LogP) is 3.11. The average Bonchev–Trinajstić information content (AvgIpc) is 3.47. The van der Waals surface area contributed by atoms with Gasteiger partial charge in [0.25, 0.3) is 0 Å². The second-order valence-electron chi connectivity index (χ2n) is 8.71. The van der Waals surface area contributed by atoms with Gasteiger partial charge in [-0.25, -0.2) is 15.0 Å². The standard InChI is InChI=1S/C25H27N5OS/c1-2-6-17(7-3-1)21-19-9-4-8-18(19)20-22-23(32-25(20)29-21)24(28-16-27-22)26-10-5-11-30-12-14-31-15-13-30/h1-3,6-7,16H,4-5,8-15H2,(H,26,27,28)/p+1. The fourth-order valence-electron chi connectivity index (χ4n) is 5.11. The van der Waals surface area contributed by atoms with E-state index < -0.39 is 0 Å². The van der Waals surface area contributed by atoms with Crippen LogP contribution in [0.3, 0.4) is 0 Å². The third-order valence-corrected chi connectivity index (χ3v) is 7.80. The van der Waals surface area contributed by atoms with Crippen molar-refractivity contribution in [2.45, 2.75) is 25.7 Å². The molecule has 3 aromatic heterocycles. The van der Waals surface area contributed by atoms with E-state index in [1.807, 2.05) is 0 Å². The van der Waals surface area contributed by atoms with Gasteiger partial charge in [-0.3, -0.25) is 0 Å². The predicted molar refractivity (Wildman–Crippen MR) is 130 cm³/mol. The number of nitrogens with one attached hydrogen (secondary N) is 2. The number of morpholine rings is 1. The lowest BCUT2D eigenvalue weighted by Gasteiger charge is -2.23. The van der Waals surface area contributed by atoms with Crippen LogP contribution in [0.4, 0.5) is 5.82 Å². The number of nitrogens with zero attached hydrogens (tertiary/aromatic N) is 3. The number of anilines is 1. The molecule has 6 nitrogen and oxygen atoms in total. The Morgan fingerprint density at radius 1 is 1.03 bits per heavy atom. The van der Waals surface area contributed by atoms with Gasteiger partial charge in [-0.2, -0.15) is 0 Å². The van der Waals surface area contributed by atoms with Crippen molar-refractivity contribution in [3.05, 3.63) is 47.8 Å². The van der Waals surface area contributed by atoms with Crippen LogP contribution in [0.25, 0.3) is 31.7 Å². The number of hydrogen-bond acceptors (Lipinski definition) is 6. The summed E-state index contributed by atoms with van der Waals surface area (Å²) < 4.78 is 6.60. The number of hydrogen-bond donors (Lipinski definition) is 2. The Kier molecular flexibility index (Phi) is 5.46. The molecule has 1 aromatic carbocycles. The fraction of sp³-hybridized carbons (Fsp3) is 0.400. The van der Waals surface area contributed by atoms with Gasteiger partial charge in [0.05, 0.1) is 35.7 Å². The Bertz CT molecular complexity index is 1250. The Balaban J connectivity index is 1.32. The number of aryl methyl sites for hydroxylation is 1.